The van der Waals surface area contributed by atoms with Crippen LogP contribution in [0, 0.1) is 0 Å². The van der Waals surface area contributed by atoms with Crippen molar-refractivity contribution in [3.8, 4) is 0 Å². The van der Waals surface area contributed by atoms with Crippen molar-refractivity contribution < 1.29 is 9.90 Å². The first kappa shape index (κ1) is 12.0. The van der Waals surface area contributed by atoms with Gasteiger partial charge in [0.05, 0.1) is 13.0 Å². The maximum atomic E-state index is 10.7. The van der Waals surface area contributed by atoms with Crippen LogP contribution in [0.4, 0.5) is 0 Å². The Bertz CT molecular complexity index is 372. The van der Waals surface area contributed by atoms with Crippen molar-refractivity contribution in [2.24, 2.45) is 16.5 Å². The molecule has 1 unspecified atom stereocenters. The summed E-state index contributed by atoms with van der Waals surface area (Å²) in [7, 11) is 0. The summed E-state index contributed by atoms with van der Waals surface area (Å²) in [6.07, 6.45) is 0.0147. The van der Waals surface area contributed by atoms with Crippen LogP contribution >= 0.6 is 0 Å². The van der Waals surface area contributed by atoms with E-state index in [2.05, 4.69) is 4.99 Å². The Morgan fingerprint density at radius 2 is 1.94 bits per heavy atom. The van der Waals surface area contributed by atoms with Crippen LogP contribution in [0.1, 0.15) is 17.9 Å². The average molecular weight is 221 g/mol. The summed E-state index contributed by atoms with van der Waals surface area (Å²) >= 11 is 0. The van der Waals surface area contributed by atoms with Gasteiger partial charge in [-0.15, -0.1) is 0 Å². The minimum Gasteiger partial charge on any atom is -0.481 e. The molecule has 1 aromatic carbocycles. The largest absolute Gasteiger partial charge is 0.481 e. The predicted molar refractivity (Wildman–Crippen MR) is 62.1 cm³/mol. The van der Waals surface area contributed by atoms with E-state index in [1.807, 2.05) is 30.3 Å². The zero-order valence-electron chi connectivity index (χ0n) is 8.84. The number of aliphatic imine (C=N–C) groups is 1. The highest BCUT2D eigenvalue weighted by molar-refractivity contribution is 5.75. The number of carboxylic acids is 1. The van der Waals surface area contributed by atoms with Gasteiger partial charge >= 0.3 is 5.97 Å². The van der Waals surface area contributed by atoms with Gasteiger partial charge in [-0.1, -0.05) is 30.3 Å². The number of aliphatic carboxylic acids is 1. The fraction of sp³-hybridized carbons (Fsp3) is 0.273. The number of carbonyl (C=O) groups is 1. The number of hydrogen-bond donors (Lipinski definition) is 3. The SMILES string of the molecule is NC(N)=NCC(CC(=O)O)c1ccccc1. The molecule has 0 aliphatic rings. The molecule has 0 aliphatic heterocycles. The molecule has 0 aromatic heterocycles. The van der Waals surface area contributed by atoms with Gasteiger partial charge in [0.25, 0.3) is 0 Å². The van der Waals surface area contributed by atoms with E-state index in [1.54, 1.807) is 0 Å². The van der Waals surface area contributed by atoms with Crippen LogP contribution in [0.3, 0.4) is 0 Å². The Morgan fingerprint density at radius 1 is 1.31 bits per heavy atom. The van der Waals surface area contributed by atoms with Crippen LogP contribution in [0.25, 0.3) is 0 Å². The van der Waals surface area contributed by atoms with Crippen molar-refractivity contribution >= 4 is 11.9 Å². The first-order valence-corrected chi connectivity index (χ1v) is 4.91. The lowest BCUT2D eigenvalue weighted by atomic mass is 9.96. The van der Waals surface area contributed by atoms with E-state index in [1.165, 1.54) is 0 Å². The average Bonchev–Trinajstić information content (AvgIpc) is 2.25. The lowest BCUT2D eigenvalue weighted by Gasteiger charge is -2.12. The summed E-state index contributed by atoms with van der Waals surface area (Å²) in [6.45, 7) is 0.290. The smallest absolute Gasteiger partial charge is 0.304 e. The van der Waals surface area contributed by atoms with E-state index in [-0.39, 0.29) is 18.3 Å². The topological polar surface area (TPSA) is 102 Å². The Hall–Kier alpha value is -2.04. The molecule has 0 spiro atoms. The molecule has 5 heteroatoms. The molecule has 16 heavy (non-hydrogen) atoms. The van der Waals surface area contributed by atoms with Crippen molar-refractivity contribution in [1.82, 2.24) is 0 Å². The molecule has 5 nitrogen and oxygen atoms in total. The molecule has 0 fully saturated rings. The number of benzene rings is 1. The monoisotopic (exact) mass is 221 g/mol. The minimum atomic E-state index is -0.861. The molecule has 0 amide bonds. The first-order chi connectivity index (χ1) is 7.59. The zero-order chi connectivity index (χ0) is 12.0. The summed E-state index contributed by atoms with van der Waals surface area (Å²) in [4.78, 5) is 14.6. The van der Waals surface area contributed by atoms with Gasteiger partial charge in [0.2, 0.25) is 0 Å². The highest BCUT2D eigenvalue weighted by atomic mass is 16.4. The van der Waals surface area contributed by atoms with E-state index in [4.69, 9.17) is 16.6 Å². The molecule has 86 valence electrons. The van der Waals surface area contributed by atoms with Crippen molar-refractivity contribution in [1.29, 1.82) is 0 Å². The maximum absolute atomic E-state index is 10.7. The molecular weight excluding hydrogens is 206 g/mol. The van der Waals surface area contributed by atoms with Gasteiger partial charge in [0.15, 0.2) is 5.96 Å². The number of rotatable bonds is 5. The fourth-order valence-corrected chi connectivity index (χ4v) is 1.44. The second-order valence-corrected chi connectivity index (χ2v) is 3.47. The highest BCUT2D eigenvalue weighted by Gasteiger charge is 2.14. The van der Waals surface area contributed by atoms with E-state index in [9.17, 15) is 4.79 Å². The molecule has 0 radical (unpaired) electrons. The van der Waals surface area contributed by atoms with Crippen molar-refractivity contribution in [3.05, 3.63) is 35.9 Å². The molecule has 0 heterocycles. The number of nitrogens with two attached hydrogens (primary N) is 2. The van der Waals surface area contributed by atoms with Crippen molar-refractivity contribution in [2.75, 3.05) is 6.54 Å². The fourth-order valence-electron chi connectivity index (χ4n) is 1.44. The lowest BCUT2D eigenvalue weighted by molar-refractivity contribution is -0.137. The van der Waals surface area contributed by atoms with Crippen LogP contribution in [-0.4, -0.2) is 23.6 Å². The van der Waals surface area contributed by atoms with Gasteiger partial charge in [0.1, 0.15) is 0 Å². The quantitative estimate of drug-likeness (QED) is 0.498. The van der Waals surface area contributed by atoms with E-state index in [0.29, 0.717) is 6.54 Å². The highest BCUT2D eigenvalue weighted by Crippen LogP contribution is 2.19. The zero-order valence-corrected chi connectivity index (χ0v) is 8.84. The summed E-state index contributed by atoms with van der Waals surface area (Å²) in [5, 5.41) is 8.80. The Balaban J connectivity index is 2.79. The van der Waals surface area contributed by atoms with Gasteiger partial charge in [-0.2, -0.15) is 0 Å². The third-order valence-corrected chi connectivity index (χ3v) is 2.19. The summed E-state index contributed by atoms with van der Waals surface area (Å²) in [6, 6.07) is 9.34. The second kappa shape index (κ2) is 5.75. The number of guanidine groups is 1. The maximum Gasteiger partial charge on any atom is 0.304 e. The van der Waals surface area contributed by atoms with Crippen LogP contribution in [0.2, 0.25) is 0 Å². The summed E-state index contributed by atoms with van der Waals surface area (Å²) < 4.78 is 0. The molecule has 1 rings (SSSR count). The van der Waals surface area contributed by atoms with Crippen molar-refractivity contribution in [2.45, 2.75) is 12.3 Å². The number of nitrogens with zero attached hydrogens (tertiary/aromatic N) is 1. The van der Waals surface area contributed by atoms with Gasteiger partial charge in [-0.3, -0.25) is 9.79 Å². The molecule has 0 aliphatic carbocycles. The Labute approximate surface area is 93.8 Å². The molecule has 0 saturated heterocycles. The van der Waals surface area contributed by atoms with E-state index in [0.717, 1.165) is 5.56 Å². The van der Waals surface area contributed by atoms with Gasteiger partial charge < -0.3 is 16.6 Å². The molecule has 5 N–H and O–H groups in total. The first-order valence-electron chi connectivity index (χ1n) is 4.91. The Kier molecular flexibility index (Phi) is 4.32. The third-order valence-electron chi connectivity index (χ3n) is 2.19. The van der Waals surface area contributed by atoms with Crippen LogP contribution in [0.5, 0.6) is 0 Å². The van der Waals surface area contributed by atoms with Crippen molar-refractivity contribution in [3.63, 3.8) is 0 Å². The second-order valence-electron chi connectivity index (χ2n) is 3.47. The van der Waals surface area contributed by atoms with E-state index < -0.39 is 5.97 Å². The molecular formula is C11H15N3O2. The van der Waals surface area contributed by atoms with Crippen LogP contribution in [-0.2, 0) is 4.79 Å². The Morgan fingerprint density at radius 3 is 2.44 bits per heavy atom. The lowest BCUT2D eigenvalue weighted by Crippen LogP contribution is -2.24. The summed E-state index contributed by atoms with van der Waals surface area (Å²) in [5.74, 6) is -1.08. The van der Waals surface area contributed by atoms with Gasteiger partial charge in [-0.05, 0) is 5.56 Å². The normalized spacial score (nSPS) is 11.8. The van der Waals surface area contributed by atoms with Gasteiger partial charge in [0, 0.05) is 5.92 Å². The molecule has 1 aromatic rings. The molecule has 0 saturated carbocycles. The minimum absolute atomic E-state index is 0.0147. The third kappa shape index (κ3) is 4.00. The predicted octanol–water partition coefficient (Wildman–Crippen LogP) is 0.518. The summed E-state index contributed by atoms with van der Waals surface area (Å²) in [5.41, 5.74) is 11.4. The molecule has 0 bridgehead atoms. The van der Waals surface area contributed by atoms with E-state index >= 15 is 0 Å². The van der Waals surface area contributed by atoms with Gasteiger partial charge in [-0.25, -0.2) is 0 Å². The van der Waals surface area contributed by atoms with Crippen LogP contribution < -0.4 is 11.5 Å². The standard InChI is InChI=1S/C11H15N3O2/c12-11(13)14-7-9(6-10(15)16)8-4-2-1-3-5-8/h1-5,9H,6-7H2,(H,15,16)(H4,12,13,14). The number of carboxylic acid groups (broad SMARTS) is 1. The van der Waals surface area contributed by atoms with Crippen LogP contribution in [0.15, 0.2) is 35.3 Å². The number of hydrogen-bond acceptors (Lipinski definition) is 2. The molecule has 1 atom stereocenters.